The molecule has 2 unspecified atom stereocenters. The first-order valence-electron chi connectivity index (χ1n) is 19.4. The third-order valence-corrected chi connectivity index (χ3v) is 12.6. The summed E-state index contributed by atoms with van der Waals surface area (Å²) in [7, 11) is 0. The maximum Gasteiger partial charge on any atom is 0.136 e. The molecule has 12 rings (SSSR count). The highest BCUT2D eigenvalue weighted by molar-refractivity contribution is 7.26. The van der Waals surface area contributed by atoms with Crippen molar-refractivity contribution in [1.82, 2.24) is 15.2 Å². The van der Waals surface area contributed by atoms with Crippen molar-refractivity contribution in [2.75, 3.05) is 0 Å². The molecule has 1 aliphatic rings. The second-order valence-electron chi connectivity index (χ2n) is 14.8. The first-order chi connectivity index (χ1) is 28.2. The lowest BCUT2D eigenvalue weighted by molar-refractivity contribution is 0.409. The van der Waals surface area contributed by atoms with E-state index in [0.717, 1.165) is 55.7 Å². The van der Waals surface area contributed by atoms with Gasteiger partial charge in [-0.15, -0.1) is 11.3 Å². The van der Waals surface area contributed by atoms with Crippen molar-refractivity contribution in [2.24, 2.45) is 4.99 Å². The molecule has 2 N–H and O–H groups in total. The number of rotatable bonds is 5. The Labute approximate surface area is 332 Å². The number of nitrogens with zero attached hydrogens (tertiary/aromatic N) is 2. The molecule has 1 aliphatic heterocycles. The van der Waals surface area contributed by atoms with Gasteiger partial charge in [0.15, 0.2) is 0 Å². The number of fused-ring (bicyclic) bond motifs is 9. The van der Waals surface area contributed by atoms with Crippen LogP contribution >= 0.6 is 11.3 Å². The first-order valence-corrected chi connectivity index (χ1v) is 20.2. The van der Waals surface area contributed by atoms with Gasteiger partial charge >= 0.3 is 0 Å². The molecule has 0 aliphatic carbocycles. The molecular weight excluding hydrogens is 717 g/mol. The highest BCUT2D eigenvalue weighted by Gasteiger charge is 2.27. The van der Waals surface area contributed by atoms with E-state index < -0.39 is 0 Å². The average Bonchev–Trinajstić information content (AvgIpc) is 3.96. The van der Waals surface area contributed by atoms with Gasteiger partial charge in [0, 0.05) is 53.0 Å². The van der Waals surface area contributed by atoms with Crippen LogP contribution in [0.3, 0.4) is 0 Å². The Kier molecular flexibility index (Phi) is 7.24. The van der Waals surface area contributed by atoms with Gasteiger partial charge < -0.3 is 14.3 Å². The number of amidine groups is 1. The monoisotopic (exact) mass is 750 g/mol. The van der Waals surface area contributed by atoms with E-state index in [-0.39, 0.29) is 12.3 Å². The number of hydrogen-bond donors (Lipinski definition) is 2. The zero-order valence-electron chi connectivity index (χ0n) is 30.7. The number of aliphatic imine (C=N–C) groups is 1. The number of furan rings is 1. The van der Waals surface area contributed by atoms with E-state index in [2.05, 4.69) is 191 Å². The van der Waals surface area contributed by atoms with Gasteiger partial charge in [-0.2, -0.15) is 0 Å². The number of thiophene rings is 1. The average molecular weight is 751 g/mol. The zero-order valence-corrected chi connectivity index (χ0v) is 31.5. The van der Waals surface area contributed by atoms with Crippen LogP contribution in [0.5, 0.6) is 0 Å². The highest BCUT2D eigenvalue weighted by Crippen LogP contribution is 2.43. The van der Waals surface area contributed by atoms with Crippen LogP contribution in [0, 0.1) is 0 Å². The van der Waals surface area contributed by atoms with Crippen LogP contribution in [0.2, 0.25) is 0 Å². The first kappa shape index (κ1) is 32.3. The largest absolute Gasteiger partial charge is 0.456 e. The van der Waals surface area contributed by atoms with Crippen LogP contribution in [0.15, 0.2) is 191 Å². The molecule has 3 aromatic heterocycles. The Balaban J connectivity index is 1.03. The van der Waals surface area contributed by atoms with Crippen LogP contribution in [-0.2, 0) is 0 Å². The predicted molar refractivity (Wildman–Crippen MR) is 238 cm³/mol. The van der Waals surface area contributed by atoms with Crippen molar-refractivity contribution >= 4 is 81.1 Å². The molecule has 0 saturated carbocycles. The Morgan fingerprint density at radius 3 is 2.00 bits per heavy atom. The lowest BCUT2D eigenvalue weighted by Gasteiger charge is -2.32. The van der Waals surface area contributed by atoms with E-state index in [0.29, 0.717) is 0 Å². The zero-order chi connectivity index (χ0) is 37.5. The Hall–Kier alpha value is -6.99. The molecule has 0 bridgehead atoms. The summed E-state index contributed by atoms with van der Waals surface area (Å²) in [6.07, 6.45) is -0.363. The Bertz CT molecular complexity index is 3320. The van der Waals surface area contributed by atoms with Gasteiger partial charge in [0.25, 0.3) is 0 Å². The maximum absolute atomic E-state index is 6.57. The quantitative estimate of drug-likeness (QED) is 0.184. The second kappa shape index (κ2) is 12.8. The molecule has 6 heteroatoms. The minimum Gasteiger partial charge on any atom is -0.456 e. The molecule has 0 spiro atoms. The molecule has 4 heterocycles. The predicted octanol–water partition coefficient (Wildman–Crippen LogP) is 13.1. The minimum absolute atomic E-state index is 0.134. The number of benzene rings is 8. The van der Waals surface area contributed by atoms with Crippen LogP contribution < -0.4 is 10.6 Å². The van der Waals surface area contributed by atoms with Crippen LogP contribution in [0.25, 0.3) is 80.7 Å². The van der Waals surface area contributed by atoms with Crippen molar-refractivity contribution in [3.8, 4) is 16.8 Å². The van der Waals surface area contributed by atoms with E-state index in [9.17, 15) is 0 Å². The van der Waals surface area contributed by atoms with Gasteiger partial charge in [0.2, 0.25) is 0 Å². The third kappa shape index (κ3) is 5.15. The summed E-state index contributed by atoms with van der Waals surface area (Å²) in [5.41, 5.74) is 10.9. The van der Waals surface area contributed by atoms with Gasteiger partial charge in [-0.3, -0.25) is 5.32 Å². The maximum atomic E-state index is 6.57. The molecule has 0 amide bonds. The standard InChI is InChI=1S/C51H34N4OS/c1-3-13-31(14-4-1)49-52-50(32-15-5-2-6-16-32)54-51(53-49)38-20-11-23-44-47(38)39-29-33(25-27-43(39)56-44)35-19-12-24-46-48(35)40-30-34(26-28-45(40)57-46)55-41-21-9-7-17-36(41)37-18-8-10-22-42(37)55/h1-30,49-50,52H,(H,53,54). The molecule has 270 valence electrons. The lowest BCUT2D eigenvalue weighted by atomic mass is 9.96. The van der Waals surface area contributed by atoms with E-state index in [1.807, 2.05) is 17.4 Å². The van der Waals surface area contributed by atoms with Crippen molar-refractivity contribution in [3.05, 3.63) is 199 Å². The smallest absolute Gasteiger partial charge is 0.136 e. The summed E-state index contributed by atoms with van der Waals surface area (Å²) in [5, 5.41) is 14.7. The number of aromatic nitrogens is 1. The fourth-order valence-electron chi connectivity index (χ4n) is 8.91. The number of hydrogen-bond acceptors (Lipinski definition) is 5. The molecule has 0 radical (unpaired) electrons. The highest BCUT2D eigenvalue weighted by atomic mass is 32.1. The fourth-order valence-corrected chi connectivity index (χ4v) is 10.0. The molecule has 0 saturated heterocycles. The molecule has 0 fully saturated rings. The lowest BCUT2D eigenvalue weighted by Crippen LogP contribution is -2.45. The van der Waals surface area contributed by atoms with Crippen molar-refractivity contribution in [1.29, 1.82) is 0 Å². The van der Waals surface area contributed by atoms with E-state index in [1.165, 1.54) is 47.5 Å². The second-order valence-corrected chi connectivity index (χ2v) is 15.9. The molecule has 11 aromatic rings. The normalized spacial score (nSPS) is 15.9. The number of para-hydroxylation sites is 2. The van der Waals surface area contributed by atoms with Crippen LogP contribution in [0.1, 0.15) is 29.0 Å². The summed E-state index contributed by atoms with van der Waals surface area (Å²) in [5.74, 6) is 0.832. The summed E-state index contributed by atoms with van der Waals surface area (Å²) in [6, 6.07) is 65.0. The Morgan fingerprint density at radius 2 is 1.21 bits per heavy atom. The van der Waals surface area contributed by atoms with Gasteiger partial charge in [-0.25, -0.2) is 4.99 Å². The Morgan fingerprint density at radius 1 is 0.509 bits per heavy atom. The topological polar surface area (TPSA) is 54.5 Å². The fraction of sp³-hybridized carbons (Fsp3) is 0.0392. The molecular formula is C51H34N4OS. The molecule has 8 aromatic carbocycles. The SMILES string of the molecule is c1ccc(C2N=C(c3cccc4oc5ccc(-c6cccc7sc8ccc(-n9c%10ccccc%10c%10ccccc%109)cc8c67)cc5c34)NC(c3ccccc3)N2)cc1. The van der Waals surface area contributed by atoms with Crippen molar-refractivity contribution < 1.29 is 4.42 Å². The van der Waals surface area contributed by atoms with Crippen molar-refractivity contribution in [3.63, 3.8) is 0 Å². The van der Waals surface area contributed by atoms with Gasteiger partial charge in [-0.1, -0.05) is 127 Å². The summed E-state index contributed by atoms with van der Waals surface area (Å²) >= 11 is 1.85. The van der Waals surface area contributed by atoms with E-state index in [4.69, 9.17) is 9.41 Å². The van der Waals surface area contributed by atoms with Crippen LogP contribution in [0.4, 0.5) is 0 Å². The van der Waals surface area contributed by atoms with E-state index in [1.54, 1.807) is 0 Å². The summed E-state index contributed by atoms with van der Waals surface area (Å²) in [4.78, 5) is 5.30. The summed E-state index contributed by atoms with van der Waals surface area (Å²) in [6.45, 7) is 0. The minimum atomic E-state index is -0.228. The van der Waals surface area contributed by atoms with Crippen LogP contribution in [-0.4, -0.2) is 10.4 Å². The number of nitrogens with one attached hydrogen (secondary N) is 2. The molecule has 2 atom stereocenters. The van der Waals surface area contributed by atoms with E-state index >= 15 is 0 Å². The third-order valence-electron chi connectivity index (χ3n) is 11.5. The van der Waals surface area contributed by atoms with Gasteiger partial charge in [0.05, 0.1) is 11.0 Å². The van der Waals surface area contributed by atoms with Crippen molar-refractivity contribution in [2.45, 2.75) is 12.3 Å². The van der Waals surface area contributed by atoms with Gasteiger partial charge in [0.1, 0.15) is 29.3 Å². The molecule has 5 nitrogen and oxygen atoms in total. The van der Waals surface area contributed by atoms with Gasteiger partial charge in [-0.05, 0) is 76.9 Å². The molecule has 57 heavy (non-hydrogen) atoms. The summed E-state index contributed by atoms with van der Waals surface area (Å²) < 4.78 is 11.5.